The van der Waals surface area contributed by atoms with Crippen molar-refractivity contribution in [3.05, 3.63) is 33.2 Å². The zero-order valence-corrected chi connectivity index (χ0v) is 7.74. The van der Waals surface area contributed by atoms with Gasteiger partial charge in [0.05, 0.1) is 0 Å². The van der Waals surface area contributed by atoms with E-state index in [0.29, 0.717) is 0 Å². The van der Waals surface area contributed by atoms with E-state index >= 15 is 0 Å². The van der Waals surface area contributed by atoms with Crippen molar-refractivity contribution in [1.82, 2.24) is 0 Å². The van der Waals surface area contributed by atoms with Gasteiger partial charge in [-0.2, -0.15) is 0 Å². The van der Waals surface area contributed by atoms with E-state index in [1.165, 1.54) is 0 Å². The van der Waals surface area contributed by atoms with Crippen molar-refractivity contribution in [3.8, 4) is 0 Å². The first-order valence-corrected chi connectivity index (χ1v) is 3.79. The fraction of sp³-hybridized carbons (Fsp3) is 0. The molecule has 0 saturated heterocycles. The van der Waals surface area contributed by atoms with Crippen LogP contribution in [0.25, 0.3) is 0 Å². The smallest absolute Gasteiger partial charge is 0.0176 e. The maximum absolute atomic E-state index is 3.32. The minimum Gasteiger partial charge on any atom is -0.412 e. The third-order valence-corrected chi connectivity index (χ3v) is 1.86. The van der Waals surface area contributed by atoms with Crippen molar-refractivity contribution in [3.63, 3.8) is 0 Å². The van der Waals surface area contributed by atoms with E-state index in [1.807, 2.05) is 24.3 Å². The molecule has 2 N–H and O–H groups in total. The zero-order chi connectivity index (χ0) is 5.98. The molecule has 0 aliphatic heterocycles. The number of hydrogen-bond acceptors (Lipinski definition) is 0. The van der Waals surface area contributed by atoms with Gasteiger partial charge in [0, 0.05) is 8.95 Å². The van der Waals surface area contributed by atoms with Crippen LogP contribution in [0.3, 0.4) is 0 Å². The number of rotatable bonds is 0. The van der Waals surface area contributed by atoms with Crippen LogP contribution < -0.4 is 0 Å². The maximum atomic E-state index is 3.32. The fourth-order valence-electron chi connectivity index (χ4n) is 0.430. The van der Waals surface area contributed by atoms with Crippen molar-refractivity contribution in [2.24, 2.45) is 0 Å². The summed E-state index contributed by atoms with van der Waals surface area (Å²) < 4.78 is 2.22. The minimum absolute atomic E-state index is 0. The van der Waals surface area contributed by atoms with Gasteiger partial charge in [0.1, 0.15) is 0 Å². The van der Waals surface area contributed by atoms with Crippen LogP contribution in [0.2, 0.25) is 0 Å². The average Bonchev–Trinajstić information content (AvgIpc) is 1.77. The summed E-state index contributed by atoms with van der Waals surface area (Å²) in [7, 11) is 0. The van der Waals surface area contributed by atoms with Crippen LogP contribution in [-0.4, -0.2) is 5.48 Å². The topological polar surface area (TPSA) is 31.5 Å². The zero-order valence-electron chi connectivity index (χ0n) is 4.57. The molecule has 0 aliphatic carbocycles. The summed E-state index contributed by atoms with van der Waals surface area (Å²) in [6, 6.07) is 7.96. The quantitative estimate of drug-likeness (QED) is 0.680. The van der Waals surface area contributed by atoms with Crippen molar-refractivity contribution in [2.45, 2.75) is 0 Å². The first kappa shape index (κ1) is 9.14. The van der Waals surface area contributed by atoms with E-state index in [1.54, 1.807) is 0 Å². The lowest BCUT2D eigenvalue weighted by Gasteiger charge is -1.86. The molecule has 0 heterocycles. The van der Waals surface area contributed by atoms with Crippen LogP contribution in [0.1, 0.15) is 0 Å². The normalized spacial score (nSPS) is 8.22. The Kier molecular flexibility index (Phi) is 4.10. The Bertz CT molecular complexity index is 150. The van der Waals surface area contributed by atoms with Crippen molar-refractivity contribution in [2.75, 3.05) is 0 Å². The third kappa shape index (κ3) is 2.98. The molecule has 9 heavy (non-hydrogen) atoms. The lowest BCUT2D eigenvalue weighted by atomic mass is 10.4. The van der Waals surface area contributed by atoms with Gasteiger partial charge < -0.3 is 5.48 Å². The first-order valence-electron chi connectivity index (χ1n) is 2.20. The lowest BCUT2D eigenvalue weighted by Crippen LogP contribution is -1.61. The number of halogens is 2. The summed E-state index contributed by atoms with van der Waals surface area (Å²) in [5.74, 6) is 0. The van der Waals surface area contributed by atoms with E-state index in [0.717, 1.165) is 8.95 Å². The Morgan fingerprint density at radius 3 is 1.22 bits per heavy atom. The Morgan fingerprint density at radius 2 is 1.00 bits per heavy atom. The van der Waals surface area contributed by atoms with E-state index in [2.05, 4.69) is 31.9 Å². The highest BCUT2D eigenvalue weighted by atomic mass is 79.9. The second-order valence-corrected chi connectivity index (χ2v) is 3.27. The molecule has 1 rings (SSSR count). The van der Waals surface area contributed by atoms with Crippen LogP contribution >= 0.6 is 31.9 Å². The third-order valence-electron chi connectivity index (χ3n) is 0.804. The molecule has 0 bridgehead atoms. The van der Waals surface area contributed by atoms with Gasteiger partial charge in [-0.3, -0.25) is 0 Å². The van der Waals surface area contributed by atoms with Gasteiger partial charge in [0.15, 0.2) is 0 Å². The average molecular weight is 254 g/mol. The summed E-state index contributed by atoms with van der Waals surface area (Å²) in [6.07, 6.45) is 0. The molecule has 0 spiro atoms. The minimum atomic E-state index is 0. The van der Waals surface area contributed by atoms with Gasteiger partial charge in [-0.15, -0.1) is 0 Å². The predicted octanol–water partition coefficient (Wildman–Crippen LogP) is 2.39. The Balaban J connectivity index is 0.000000640. The van der Waals surface area contributed by atoms with Gasteiger partial charge in [0.2, 0.25) is 0 Å². The molecular weight excluding hydrogens is 248 g/mol. The highest BCUT2D eigenvalue weighted by Crippen LogP contribution is 2.13. The Morgan fingerprint density at radius 1 is 0.778 bits per heavy atom. The predicted molar refractivity (Wildman–Crippen MR) is 45.5 cm³/mol. The largest absolute Gasteiger partial charge is 0.412 e. The second-order valence-electron chi connectivity index (χ2n) is 1.44. The van der Waals surface area contributed by atoms with E-state index in [-0.39, 0.29) is 5.48 Å². The molecule has 0 atom stereocenters. The van der Waals surface area contributed by atoms with Crippen molar-refractivity contribution >= 4 is 31.9 Å². The Labute approximate surface area is 70.6 Å². The molecule has 3 heteroatoms. The molecule has 1 aromatic rings. The Hall–Kier alpha value is 0.140. The van der Waals surface area contributed by atoms with Gasteiger partial charge >= 0.3 is 0 Å². The molecule has 1 aromatic carbocycles. The summed E-state index contributed by atoms with van der Waals surface area (Å²) in [6.45, 7) is 0. The van der Waals surface area contributed by atoms with Gasteiger partial charge in [-0.1, -0.05) is 31.9 Å². The highest BCUT2D eigenvalue weighted by Gasteiger charge is 1.83. The molecule has 0 radical (unpaired) electrons. The van der Waals surface area contributed by atoms with Gasteiger partial charge in [-0.05, 0) is 24.3 Å². The van der Waals surface area contributed by atoms with E-state index < -0.39 is 0 Å². The molecule has 50 valence electrons. The summed E-state index contributed by atoms with van der Waals surface area (Å²) >= 11 is 6.65. The number of hydrogen-bond donors (Lipinski definition) is 0. The molecule has 0 aromatic heterocycles. The SMILES string of the molecule is Brc1ccc(Br)cc1.O. The molecule has 0 saturated carbocycles. The number of benzene rings is 1. The van der Waals surface area contributed by atoms with Crippen molar-refractivity contribution in [1.29, 1.82) is 0 Å². The summed E-state index contributed by atoms with van der Waals surface area (Å²) in [5, 5.41) is 0. The fourth-order valence-corrected chi connectivity index (χ4v) is 0.958. The van der Waals surface area contributed by atoms with Crippen LogP contribution in [0.5, 0.6) is 0 Å². The standard InChI is InChI=1S/C6H4Br2.H2O/c7-5-1-2-6(8)4-3-5;/h1-4H;1H2. The van der Waals surface area contributed by atoms with Gasteiger partial charge in [-0.25, -0.2) is 0 Å². The van der Waals surface area contributed by atoms with E-state index in [9.17, 15) is 0 Å². The van der Waals surface area contributed by atoms with E-state index in [4.69, 9.17) is 0 Å². The van der Waals surface area contributed by atoms with Gasteiger partial charge in [0.25, 0.3) is 0 Å². The molecule has 0 amide bonds. The van der Waals surface area contributed by atoms with Crippen LogP contribution in [0, 0.1) is 0 Å². The second kappa shape index (κ2) is 4.04. The maximum Gasteiger partial charge on any atom is 0.0176 e. The van der Waals surface area contributed by atoms with Crippen LogP contribution in [0.4, 0.5) is 0 Å². The monoisotopic (exact) mass is 252 g/mol. The summed E-state index contributed by atoms with van der Waals surface area (Å²) in [4.78, 5) is 0. The summed E-state index contributed by atoms with van der Waals surface area (Å²) in [5.41, 5.74) is 0. The van der Waals surface area contributed by atoms with Crippen LogP contribution in [-0.2, 0) is 0 Å². The first-order chi connectivity index (χ1) is 3.79. The van der Waals surface area contributed by atoms with Crippen LogP contribution in [0.15, 0.2) is 33.2 Å². The molecule has 1 nitrogen and oxygen atoms in total. The highest BCUT2D eigenvalue weighted by molar-refractivity contribution is 9.11. The molecular formula is C6H6Br2O. The molecule has 0 unspecified atom stereocenters. The van der Waals surface area contributed by atoms with Crippen molar-refractivity contribution < 1.29 is 5.48 Å². The molecule has 0 fully saturated rings. The lowest BCUT2D eigenvalue weighted by molar-refractivity contribution is 0.824. The molecule has 0 aliphatic rings.